The lowest BCUT2D eigenvalue weighted by Crippen LogP contribution is -2.34. The fourth-order valence-electron chi connectivity index (χ4n) is 1.01. The maximum atomic E-state index is 11.0. The van der Waals surface area contributed by atoms with Gasteiger partial charge in [0.25, 0.3) is 0 Å². The van der Waals surface area contributed by atoms with Crippen LogP contribution in [0.1, 0.15) is 41.5 Å². The molecule has 0 saturated carbocycles. The minimum atomic E-state index is -0.780. The van der Waals surface area contributed by atoms with Gasteiger partial charge in [0.2, 0.25) is 0 Å². The van der Waals surface area contributed by atoms with E-state index in [9.17, 15) is 20.2 Å². The molecule has 0 spiro atoms. The molecule has 0 unspecified atom stereocenters. The largest absolute Gasteiger partial charge is 0.381 e. The number of nitrogens with zero attached hydrogens (tertiary/aromatic N) is 2. The van der Waals surface area contributed by atoms with Crippen LogP contribution in [-0.2, 0) is 0 Å². The Labute approximate surface area is 118 Å². The number of hydrogen-bond donors (Lipinski definition) is 2. The van der Waals surface area contributed by atoms with Crippen molar-refractivity contribution in [3.63, 3.8) is 0 Å². The highest BCUT2D eigenvalue weighted by molar-refractivity contribution is 5.18. The Balaban J connectivity index is 5.49. The second kappa shape index (κ2) is 6.36. The van der Waals surface area contributed by atoms with E-state index >= 15 is 0 Å². The summed E-state index contributed by atoms with van der Waals surface area (Å²) in [5.74, 6) is 0. The summed E-state index contributed by atoms with van der Waals surface area (Å²) in [6, 6.07) is 0. The second-order valence-corrected chi connectivity index (χ2v) is 6.36. The van der Waals surface area contributed by atoms with Gasteiger partial charge in [-0.3, -0.25) is 20.2 Å². The molecule has 0 aliphatic rings. The van der Waals surface area contributed by atoms with Gasteiger partial charge in [-0.15, -0.1) is 0 Å². The zero-order chi connectivity index (χ0) is 16.1. The maximum absolute atomic E-state index is 11.0. The van der Waals surface area contributed by atoms with E-state index in [1.807, 2.05) is 0 Å². The Morgan fingerprint density at radius 2 is 1.05 bits per heavy atom. The molecule has 0 heterocycles. The monoisotopic (exact) mass is 286 g/mol. The molecular formula is C12H22N4O4. The predicted molar refractivity (Wildman–Crippen MR) is 75.9 cm³/mol. The molecule has 0 bridgehead atoms. The topological polar surface area (TPSA) is 110 Å². The zero-order valence-electron chi connectivity index (χ0n) is 12.7. The summed E-state index contributed by atoms with van der Waals surface area (Å²) in [4.78, 5) is 20.5. The van der Waals surface area contributed by atoms with E-state index in [1.165, 1.54) is 0 Å². The standard InChI is InChI=1S/C12H22N4O4/c1-11(2,3)13-7-9(15(17)18)10(16(19)20)8-14-12(4,5)6/h7-8,13-14H,1-6H3/b9-7-,10-8+. The van der Waals surface area contributed by atoms with E-state index in [2.05, 4.69) is 10.6 Å². The Hall–Kier alpha value is -2.12. The highest BCUT2D eigenvalue weighted by Crippen LogP contribution is 2.12. The molecule has 0 aliphatic heterocycles. The van der Waals surface area contributed by atoms with Crippen molar-refractivity contribution >= 4 is 0 Å². The third-order valence-electron chi connectivity index (χ3n) is 1.94. The number of nitrogens with one attached hydrogen (secondary N) is 2. The first-order valence-corrected chi connectivity index (χ1v) is 6.08. The van der Waals surface area contributed by atoms with Crippen LogP contribution < -0.4 is 10.6 Å². The SMILES string of the molecule is CC(C)(C)N/C=C(/C(=C\NC(C)(C)C)[N+](=O)[O-])[N+](=O)[O-]. The van der Waals surface area contributed by atoms with E-state index in [4.69, 9.17) is 0 Å². The third kappa shape index (κ3) is 7.34. The summed E-state index contributed by atoms with van der Waals surface area (Å²) in [7, 11) is 0. The van der Waals surface area contributed by atoms with Gasteiger partial charge in [-0.2, -0.15) is 0 Å². The average molecular weight is 286 g/mol. The Bertz CT molecular complexity index is 399. The average Bonchev–Trinajstić information content (AvgIpc) is 2.18. The van der Waals surface area contributed by atoms with Gasteiger partial charge in [-0.25, -0.2) is 0 Å². The molecule has 0 saturated heterocycles. The van der Waals surface area contributed by atoms with Gasteiger partial charge in [0, 0.05) is 11.1 Å². The summed E-state index contributed by atoms with van der Waals surface area (Å²) in [6.07, 6.45) is 2.11. The van der Waals surface area contributed by atoms with Crippen molar-refractivity contribution in [1.82, 2.24) is 10.6 Å². The van der Waals surface area contributed by atoms with Crippen LogP contribution in [0.5, 0.6) is 0 Å². The maximum Gasteiger partial charge on any atom is 0.363 e. The molecule has 2 N–H and O–H groups in total. The highest BCUT2D eigenvalue weighted by atomic mass is 16.6. The van der Waals surface area contributed by atoms with Crippen LogP contribution in [-0.4, -0.2) is 20.9 Å². The van der Waals surface area contributed by atoms with E-state index in [0.717, 1.165) is 12.4 Å². The molecule has 0 aromatic carbocycles. The smallest absolute Gasteiger partial charge is 0.363 e. The molecule has 8 nitrogen and oxygen atoms in total. The van der Waals surface area contributed by atoms with Gasteiger partial charge in [0.05, 0.1) is 22.2 Å². The minimum absolute atomic E-state index is 0.430. The molecule has 0 aliphatic carbocycles. The highest BCUT2D eigenvalue weighted by Gasteiger charge is 2.30. The van der Waals surface area contributed by atoms with Crippen molar-refractivity contribution in [2.24, 2.45) is 0 Å². The van der Waals surface area contributed by atoms with Crippen molar-refractivity contribution in [1.29, 1.82) is 0 Å². The van der Waals surface area contributed by atoms with Crippen molar-refractivity contribution < 1.29 is 9.85 Å². The molecular weight excluding hydrogens is 264 g/mol. The Morgan fingerprint density at radius 1 is 0.800 bits per heavy atom. The Kier molecular flexibility index (Phi) is 5.68. The number of nitro groups is 2. The van der Waals surface area contributed by atoms with Crippen molar-refractivity contribution in [3.05, 3.63) is 44.0 Å². The van der Waals surface area contributed by atoms with Crippen LogP contribution in [0.2, 0.25) is 0 Å². The molecule has 0 radical (unpaired) electrons. The van der Waals surface area contributed by atoms with E-state index in [-0.39, 0.29) is 0 Å². The lowest BCUT2D eigenvalue weighted by atomic mass is 10.1. The van der Waals surface area contributed by atoms with Gasteiger partial charge in [-0.1, -0.05) is 0 Å². The van der Waals surface area contributed by atoms with E-state index in [0.29, 0.717) is 0 Å². The van der Waals surface area contributed by atoms with Crippen LogP contribution in [0.4, 0.5) is 0 Å². The fourth-order valence-corrected chi connectivity index (χ4v) is 1.01. The predicted octanol–water partition coefficient (Wildman–Crippen LogP) is 2.00. The van der Waals surface area contributed by atoms with Crippen LogP contribution in [0.25, 0.3) is 0 Å². The quantitative estimate of drug-likeness (QED) is 0.454. The summed E-state index contributed by atoms with van der Waals surface area (Å²) in [5.41, 5.74) is -2.05. The van der Waals surface area contributed by atoms with Crippen LogP contribution in [0, 0.1) is 20.2 Å². The summed E-state index contributed by atoms with van der Waals surface area (Å²) in [6.45, 7) is 10.8. The molecule has 114 valence electrons. The normalized spacial score (nSPS) is 13.9. The van der Waals surface area contributed by atoms with Crippen molar-refractivity contribution in [3.8, 4) is 0 Å². The van der Waals surface area contributed by atoms with Crippen molar-refractivity contribution in [2.45, 2.75) is 52.6 Å². The molecule has 0 atom stereocenters. The van der Waals surface area contributed by atoms with Crippen molar-refractivity contribution in [2.75, 3.05) is 0 Å². The van der Waals surface area contributed by atoms with Gasteiger partial charge < -0.3 is 10.6 Å². The van der Waals surface area contributed by atoms with E-state index < -0.39 is 32.3 Å². The first-order chi connectivity index (χ1) is 8.83. The summed E-state index contributed by atoms with van der Waals surface area (Å²) in [5, 5.41) is 27.5. The molecule has 8 heteroatoms. The lowest BCUT2D eigenvalue weighted by Gasteiger charge is -2.19. The zero-order valence-corrected chi connectivity index (χ0v) is 12.7. The fraction of sp³-hybridized carbons (Fsp3) is 0.667. The van der Waals surface area contributed by atoms with E-state index in [1.54, 1.807) is 41.5 Å². The summed E-state index contributed by atoms with van der Waals surface area (Å²) < 4.78 is 0. The first-order valence-electron chi connectivity index (χ1n) is 6.08. The molecule has 0 aromatic rings. The third-order valence-corrected chi connectivity index (χ3v) is 1.94. The molecule has 20 heavy (non-hydrogen) atoms. The second-order valence-electron chi connectivity index (χ2n) is 6.36. The van der Waals surface area contributed by atoms with Crippen LogP contribution in [0.15, 0.2) is 23.8 Å². The molecule has 0 aromatic heterocycles. The molecule has 0 rings (SSSR count). The molecule has 0 fully saturated rings. The lowest BCUT2D eigenvalue weighted by molar-refractivity contribution is -0.480. The van der Waals surface area contributed by atoms with Crippen LogP contribution >= 0.6 is 0 Å². The number of rotatable bonds is 5. The number of hydrogen-bond acceptors (Lipinski definition) is 6. The Morgan fingerprint density at radius 3 is 1.20 bits per heavy atom. The van der Waals surface area contributed by atoms with Gasteiger partial charge >= 0.3 is 11.4 Å². The first kappa shape index (κ1) is 17.9. The van der Waals surface area contributed by atoms with Gasteiger partial charge in [0.1, 0.15) is 0 Å². The minimum Gasteiger partial charge on any atom is -0.381 e. The van der Waals surface area contributed by atoms with Gasteiger partial charge in [-0.05, 0) is 41.5 Å². The summed E-state index contributed by atoms with van der Waals surface area (Å²) >= 11 is 0. The van der Waals surface area contributed by atoms with Crippen LogP contribution in [0.3, 0.4) is 0 Å². The molecule has 0 amide bonds. The van der Waals surface area contributed by atoms with Gasteiger partial charge in [0.15, 0.2) is 0 Å².